The molecule has 0 aromatic carbocycles. The van der Waals surface area contributed by atoms with Gasteiger partial charge in [-0.25, -0.2) is 0 Å². The Bertz CT molecular complexity index is 326. The molecule has 5 saturated carbocycles. The zero-order valence-electron chi connectivity index (χ0n) is 7.86. The molecule has 6 bridgehead atoms. The average molecular weight is 177 g/mol. The van der Waals surface area contributed by atoms with Crippen molar-refractivity contribution in [2.75, 3.05) is 0 Å². The molecule has 1 amide bonds. The van der Waals surface area contributed by atoms with Crippen LogP contribution in [0.5, 0.6) is 0 Å². The van der Waals surface area contributed by atoms with E-state index in [1.165, 1.54) is 6.42 Å². The Labute approximate surface area is 77.9 Å². The van der Waals surface area contributed by atoms with Gasteiger partial charge in [0, 0.05) is 5.41 Å². The van der Waals surface area contributed by atoms with Gasteiger partial charge in [0.15, 0.2) is 0 Å². The van der Waals surface area contributed by atoms with Crippen molar-refractivity contribution in [3.63, 3.8) is 0 Å². The average Bonchev–Trinajstić information content (AvgIpc) is 2.48. The molecule has 13 heavy (non-hydrogen) atoms. The SMILES string of the molecule is CC1(C(N)=O)CC2C3CC4C2C4C31. The summed E-state index contributed by atoms with van der Waals surface area (Å²) in [6.45, 7) is 2.12. The van der Waals surface area contributed by atoms with Crippen LogP contribution in [0.15, 0.2) is 0 Å². The summed E-state index contributed by atoms with van der Waals surface area (Å²) >= 11 is 0. The van der Waals surface area contributed by atoms with Crippen molar-refractivity contribution in [3.8, 4) is 0 Å². The highest BCUT2D eigenvalue weighted by Gasteiger charge is 2.81. The Morgan fingerprint density at radius 3 is 2.54 bits per heavy atom. The highest BCUT2D eigenvalue weighted by atomic mass is 16.1. The molecule has 0 aromatic heterocycles. The second-order valence-electron chi connectivity index (χ2n) is 5.89. The first-order valence-electron chi connectivity index (χ1n) is 5.44. The van der Waals surface area contributed by atoms with E-state index in [0.29, 0.717) is 5.92 Å². The maximum atomic E-state index is 11.5. The van der Waals surface area contributed by atoms with E-state index in [0.717, 1.165) is 36.0 Å². The number of carbonyl (C=O) groups is 1. The molecular weight excluding hydrogens is 162 g/mol. The number of hydrogen-bond donors (Lipinski definition) is 1. The van der Waals surface area contributed by atoms with Gasteiger partial charge in [0.25, 0.3) is 0 Å². The molecule has 5 rings (SSSR count). The van der Waals surface area contributed by atoms with Crippen molar-refractivity contribution in [2.24, 2.45) is 46.7 Å². The molecular formula is C11H15NO. The molecule has 0 aliphatic heterocycles. The van der Waals surface area contributed by atoms with Gasteiger partial charge in [0.1, 0.15) is 0 Å². The lowest BCUT2D eigenvalue weighted by atomic mass is 9.73. The number of amides is 1. The fourth-order valence-corrected chi connectivity index (χ4v) is 5.40. The highest BCUT2D eigenvalue weighted by molar-refractivity contribution is 5.82. The van der Waals surface area contributed by atoms with Gasteiger partial charge in [-0.1, -0.05) is 6.92 Å². The van der Waals surface area contributed by atoms with E-state index < -0.39 is 0 Å². The van der Waals surface area contributed by atoms with Crippen LogP contribution < -0.4 is 5.73 Å². The summed E-state index contributed by atoms with van der Waals surface area (Å²) in [7, 11) is 0. The van der Waals surface area contributed by atoms with Crippen LogP contribution in [-0.2, 0) is 4.79 Å². The number of primary amides is 1. The fraction of sp³-hybridized carbons (Fsp3) is 0.909. The van der Waals surface area contributed by atoms with E-state index >= 15 is 0 Å². The number of nitrogens with two attached hydrogens (primary N) is 1. The van der Waals surface area contributed by atoms with Gasteiger partial charge >= 0.3 is 0 Å². The van der Waals surface area contributed by atoms with Gasteiger partial charge in [0.05, 0.1) is 0 Å². The summed E-state index contributed by atoms with van der Waals surface area (Å²) in [5.74, 6) is 5.39. The van der Waals surface area contributed by atoms with Crippen LogP contribution in [0, 0.1) is 40.9 Å². The Balaban J connectivity index is 1.84. The largest absolute Gasteiger partial charge is 0.369 e. The Morgan fingerprint density at radius 1 is 1.31 bits per heavy atom. The molecule has 2 N–H and O–H groups in total. The zero-order chi connectivity index (χ0) is 8.96. The standard InChI is InChI=1S/C11H15NO/c1-11(10(12)13)3-6-4-2-5-7(6)8(5)9(4)11/h4-9H,2-3H2,1H3,(H2,12,13). The number of carbonyl (C=O) groups excluding carboxylic acids is 1. The zero-order valence-corrected chi connectivity index (χ0v) is 7.86. The van der Waals surface area contributed by atoms with Gasteiger partial charge in [-0.3, -0.25) is 4.79 Å². The third kappa shape index (κ3) is 0.476. The van der Waals surface area contributed by atoms with Crippen LogP contribution in [0.25, 0.3) is 0 Å². The molecule has 0 saturated heterocycles. The van der Waals surface area contributed by atoms with E-state index in [1.54, 1.807) is 0 Å². The van der Waals surface area contributed by atoms with E-state index in [9.17, 15) is 4.79 Å². The van der Waals surface area contributed by atoms with Crippen molar-refractivity contribution >= 4 is 5.91 Å². The predicted molar refractivity (Wildman–Crippen MR) is 47.5 cm³/mol. The van der Waals surface area contributed by atoms with Crippen molar-refractivity contribution in [2.45, 2.75) is 19.8 Å². The minimum atomic E-state index is -0.123. The summed E-state index contributed by atoms with van der Waals surface area (Å²) in [5.41, 5.74) is 5.42. The lowest BCUT2D eigenvalue weighted by Crippen LogP contribution is -2.40. The van der Waals surface area contributed by atoms with E-state index in [4.69, 9.17) is 5.73 Å². The first-order chi connectivity index (χ1) is 6.14. The van der Waals surface area contributed by atoms with E-state index in [1.807, 2.05) is 0 Å². The van der Waals surface area contributed by atoms with Gasteiger partial charge < -0.3 is 5.73 Å². The minimum absolute atomic E-state index is 0.0315. The first kappa shape index (κ1) is 6.86. The predicted octanol–water partition coefficient (Wildman–Crippen LogP) is 1.01. The number of hydrogen-bond acceptors (Lipinski definition) is 1. The maximum Gasteiger partial charge on any atom is 0.223 e. The van der Waals surface area contributed by atoms with Crippen LogP contribution in [0.2, 0.25) is 0 Å². The van der Waals surface area contributed by atoms with Gasteiger partial charge in [-0.2, -0.15) is 0 Å². The van der Waals surface area contributed by atoms with Crippen molar-refractivity contribution in [3.05, 3.63) is 0 Å². The molecule has 7 atom stereocenters. The summed E-state index contributed by atoms with van der Waals surface area (Å²) in [5, 5.41) is 0. The summed E-state index contributed by atoms with van der Waals surface area (Å²) in [6, 6.07) is 0. The first-order valence-corrected chi connectivity index (χ1v) is 5.44. The topological polar surface area (TPSA) is 43.1 Å². The second-order valence-corrected chi connectivity index (χ2v) is 5.89. The van der Waals surface area contributed by atoms with Crippen LogP contribution in [-0.4, -0.2) is 5.91 Å². The molecule has 5 aliphatic rings. The molecule has 0 spiro atoms. The van der Waals surface area contributed by atoms with E-state index in [2.05, 4.69) is 6.92 Å². The summed E-state index contributed by atoms with van der Waals surface area (Å²) in [4.78, 5) is 11.5. The summed E-state index contributed by atoms with van der Waals surface area (Å²) < 4.78 is 0. The smallest absolute Gasteiger partial charge is 0.223 e. The second kappa shape index (κ2) is 1.55. The fourth-order valence-electron chi connectivity index (χ4n) is 5.40. The van der Waals surface area contributed by atoms with Crippen molar-refractivity contribution < 1.29 is 4.79 Å². The lowest BCUT2D eigenvalue weighted by molar-refractivity contribution is -0.129. The van der Waals surface area contributed by atoms with Crippen molar-refractivity contribution in [1.82, 2.24) is 0 Å². The minimum Gasteiger partial charge on any atom is -0.369 e. The third-order valence-electron chi connectivity index (χ3n) is 5.72. The Kier molecular flexibility index (Phi) is 0.818. The molecule has 7 unspecified atom stereocenters. The molecule has 0 aromatic rings. The van der Waals surface area contributed by atoms with Crippen LogP contribution in [0.3, 0.4) is 0 Å². The molecule has 2 nitrogen and oxygen atoms in total. The molecule has 0 radical (unpaired) electrons. The highest BCUT2D eigenvalue weighted by Crippen LogP contribution is 2.84. The van der Waals surface area contributed by atoms with Crippen LogP contribution in [0.1, 0.15) is 19.8 Å². The Morgan fingerprint density at radius 2 is 2.08 bits per heavy atom. The van der Waals surface area contributed by atoms with Gasteiger partial charge in [-0.15, -0.1) is 0 Å². The molecule has 0 heterocycles. The Hall–Kier alpha value is -0.530. The summed E-state index contributed by atoms with van der Waals surface area (Å²) in [6.07, 6.45) is 2.53. The molecule has 5 fully saturated rings. The van der Waals surface area contributed by atoms with Crippen molar-refractivity contribution in [1.29, 1.82) is 0 Å². The maximum absolute atomic E-state index is 11.5. The molecule has 5 aliphatic carbocycles. The molecule has 70 valence electrons. The van der Waals surface area contributed by atoms with Gasteiger partial charge in [0.2, 0.25) is 5.91 Å². The van der Waals surface area contributed by atoms with Crippen LogP contribution >= 0.6 is 0 Å². The van der Waals surface area contributed by atoms with E-state index in [-0.39, 0.29) is 11.3 Å². The lowest BCUT2D eigenvalue weighted by Gasteiger charge is -2.30. The van der Waals surface area contributed by atoms with Crippen LogP contribution in [0.4, 0.5) is 0 Å². The molecule has 2 heteroatoms. The normalized spacial score (nSPS) is 70.2. The van der Waals surface area contributed by atoms with Gasteiger partial charge in [-0.05, 0) is 48.3 Å². The third-order valence-corrected chi connectivity index (χ3v) is 5.72. The monoisotopic (exact) mass is 177 g/mol. The number of rotatable bonds is 1. The quantitative estimate of drug-likeness (QED) is 0.638.